The molecule has 4 radical (unpaired) electrons. The molecule has 1 aliphatic rings. The van der Waals surface area contributed by atoms with Gasteiger partial charge in [-0.3, -0.25) is 4.79 Å². The SMILES string of the molecule is O=C1C=Cc2cccc3cccc1c23.[Sn]. The minimum Gasteiger partial charge on any atom is -0.289 e. The van der Waals surface area contributed by atoms with Crippen molar-refractivity contribution < 1.29 is 4.79 Å². The van der Waals surface area contributed by atoms with E-state index in [9.17, 15) is 4.79 Å². The van der Waals surface area contributed by atoms with Gasteiger partial charge in [0.15, 0.2) is 5.78 Å². The molecule has 0 amide bonds. The molecule has 0 N–H and O–H groups in total. The average Bonchev–Trinajstić information content (AvgIpc) is 2.24. The Morgan fingerprint density at radius 1 is 0.867 bits per heavy atom. The first-order chi connectivity index (χ1) is 6.86. The second-order valence-corrected chi connectivity index (χ2v) is 3.45. The van der Waals surface area contributed by atoms with Gasteiger partial charge in [-0.15, -0.1) is 0 Å². The second-order valence-electron chi connectivity index (χ2n) is 3.45. The van der Waals surface area contributed by atoms with E-state index in [0.29, 0.717) is 0 Å². The smallest absolute Gasteiger partial charge is 0.186 e. The normalized spacial score (nSPS) is 12.7. The van der Waals surface area contributed by atoms with Gasteiger partial charge in [0.05, 0.1) is 0 Å². The Kier molecular flexibility index (Phi) is 2.65. The van der Waals surface area contributed by atoms with Gasteiger partial charge in [-0.1, -0.05) is 42.5 Å². The number of ketones is 1. The van der Waals surface area contributed by atoms with Gasteiger partial charge in [0, 0.05) is 34.9 Å². The minimum atomic E-state index is 0. The van der Waals surface area contributed by atoms with E-state index in [1.54, 1.807) is 6.08 Å². The summed E-state index contributed by atoms with van der Waals surface area (Å²) in [6, 6.07) is 11.9. The van der Waals surface area contributed by atoms with E-state index in [1.165, 1.54) is 0 Å². The van der Waals surface area contributed by atoms with E-state index >= 15 is 0 Å². The summed E-state index contributed by atoms with van der Waals surface area (Å²) in [6.07, 6.45) is 3.52. The standard InChI is InChI=1S/C13H8O.Sn/c14-12-8-7-10-4-1-3-9-5-2-6-11(12)13(9)10;/h1-8H;. The van der Waals surface area contributed by atoms with Crippen LogP contribution in [-0.4, -0.2) is 29.7 Å². The molecule has 0 aliphatic heterocycles. The second kappa shape index (κ2) is 3.81. The molecule has 0 heterocycles. The first kappa shape index (κ1) is 10.4. The zero-order valence-electron chi connectivity index (χ0n) is 8.03. The quantitative estimate of drug-likeness (QED) is 0.684. The molecule has 2 aromatic rings. The first-order valence-electron chi connectivity index (χ1n) is 4.60. The van der Waals surface area contributed by atoms with E-state index in [-0.39, 0.29) is 29.7 Å². The molecule has 0 bridgehead atoms. The van der Waals surface area contributed by atoms with Crippen molar-refractivity contribution in [2.75, 3.05) is 0 Å². The summed E-state index contributed by atoms with van der Waals surface area (Å²) in [5.74, 6) is 0.106. The Hall–Kier alpha value is -1.09. The van der Waals surface area contributed by atoms with Gasteiger partial charge in [0.25, 0.3) is 0 Å². The van der Waals surface area contributed by atoms with Crippen molar-refractivity contribution in [3.8, 4) is 0 Å². The zero-order chi connectivity index (χ0) is 9.54. The summed E-state index contributed by atoms with van der Waals surface area (Å²) in [5, 5.41) is 2.22. The third-order valence-electron chi connectivity index (χ3n) is 2.62. The third kappa shape index (κ3) is 1.51. The summed E-state index contributed by atoms with van der Waals surface area (Å²) >= 11 is 0. The molecule has 1 aliphatic carbocycles. The molecule has 0 spiro atoms. The molecule has 0 aromatic heterocycles. The number of benzene rings is 2. The van der Waals surface area contributed by atoms with Crippen LogP contribution in [0.5, 0.6) is 0 Å². The van der Waals surface area contributed by atoms with Crippen LogP contribution < -0.4 is 0 Å². The number of carbonyl (C=O) groups excluding carboxylic acids is 1. The monoisotopic (exact) mass is 300 g/mol. The molecule has 0 atom stereocenters. The van der Waals surface area contributed by atoms with Crippen LogP contribution in [0.15, 0.2) is 42.5 Å². The van der Waals surface area contributed by atoms with Gasteiger partial charge in [-0.2, -0.15) is 0 Å². The molecule has 0 saturated carbocycles. The fraction of sp³-hybridized carbons (Fsp3) is 0. The van der Waals surface area contributed by atoms with Crippen LogP contribution in [0.25, 0.3) is 16.8 Å². The maximum Gasteiger partial charge on any atom is 0.186 e. The summed E-state index contributed by atoms with van der Waals surface area (Å²) in [7, 11) is 0. The summed E-state index contributed by atoms with van der Waals surface area (Å²) in [6.45, 7) is 0. The van der Waals surface area contributed by atoms with Crippen molar-refractivity contribution in [1.29, 1.82) is 0 Å². The summed E-state index contributed by atoms with van der Waals surface area (Å²) in [4.78, 5) is 11.6. The topological polar surface area (TPSA) is 17.1 Å². The Labute approximate surface area is 105 Å². The summed E-state index contributed by atoms with van der Waals surface area (Å²) in [5.41, 5.74) is 1.96. The van der Waals surface area contributed by atoms with Crippen molar-refractivity contribution in [3.05, 3.63) is 53.6 Å². The number of hydrogen-bond acceptors (Lipinski definition) is 1. The molecule has 70 valence electrons. The number of rotatable bonds is 0. The predicted molar refractivity (Wildman–Crippen MR) is 63.1 cm³/mol. The number of carbonyl (C=O) groups is 1. The molecule has 0 unspecified atom stereocenters. The Morgan fingerprint density at radius 2 is 1.60 bits per heavy atom. The van der Waals surface area contributed by atoms with Crippen LogP contribution in [-0.2, 0) is 0 Å². The van der Waals surface area contributed by atoms with Gasteiger partial charge >= 0.3 is 0 Å². The molecule has 3 rings (SSSR count). The molecule has 1 nitrogen and oxygen atoms in total. The Morgan fingerprint density at radius 3 is 2.40 bits per heavy atom. The number of allylic oxidation sites excluding steroid dienone is 1. The van der Waals surface area contributed by atoms with Gasteiger partial charge in [-0.05, 0) is 17.0 Å². The Balaban J connectivity index is 0.000000853. The average molecular weight is 299 g/mol. The van der Waals surface area contributed by atoms with Crippen molar-refractivity contribution in [2.45, 2.75) is 0 Å². The third-order valence-corrected chi connectivity index (χ3v) is 2.62. The van der Waals surface area contributed by atoms with Crippen molar-refractivity contribution in [3.63, 3.8) is 0 Å². The molecular weight excluding hydrogens is 291 g/mol. The van der Waals surface area contributed by atoms with Crippen LogP contribution in [0.3, 0.4) is 0 Å². The van der Waals surface area contributed by atoms with E-state index in [1.807, 2.05) is 42.5 Å². The van der Waals surface area contributed by atoms with Gasteiger partial charge < -0.3 is 0 Å². The van der Waals surface area contributed by atoms with E-state index in [2.05, 4.69) is 0 Å². The first-order valence-corrected chi connectivity index (χ1v) is 4.60. The fourth-order valence-electron chi connectivity index (χ4n) is 1.97. The van der Waals surface area contributed by atoms with Crippen LogP contribution in [0.4, 0.5) is 0 Å². The molecule has 0 saturated heterocycles. The van der Waals surface area contributed by atoms with Crippen molar-refractivity contribution >= 4 is 46.5 Å². The number of hydrogen-bond donors (Lipinski definition) is 0. The zero-order valence-corrected chi connectivity index (χ0v) is 10.9. The van der Waals surface area contributed by atoms with Crippen molar-refractivity contribution in [2.24, 2.45) is 0 Å². The van der Waals surface area contributed by atoms with Gasteiger partial charge in [0.2, 0.25) is 0 Å². The molecule has 2 aromatic carbocycles. The molecule has 15 heavy (non-hydrogen) atoms. The van der Waals surface area contributed by atoms with Gasteiger partial charge in [-0.25, -0.2) is 0 Å². The largest absolute Gasteiger partial charge is 0.289 e. The van der Waals surface area contributed by atoms with Crippen LogP contribution in [0.2, 0.25) is 0 Å². The minimum absolute atomic E-state index is 0. The van der Waals surface area contributed by atoms with E-state index < -0.39 is 0 Å². The van der Waals surface area contributed by atoms with Crippen LogP contribution in [0, 0.1) is 0 Å². The molecular formula is C13H8OSn. The van der Waals surface area contributed by atoms with E-state index in [4.69, 9.17) is 0 Å². The van der Waals surface area contributed by atoms with Crippen LogP contribution in [0.1, 0.15) is 15.9 Å². The van der Waals surface area contributed by atoms with Crippen LogP contribution >= 0.6 is 0 Å². The molecule has 2 heteroatoms. The fourth-order valence-corrected chi connectivity index (χ4v) is 1.97. The maximum atomic E-state index is 11.6. The summed E-state index contributed by atoms with van der Waals surface area (Å²) < 4.78 is 0. The van der Waals surface area contributed by atoms with Gasteiger partial charge in [0.1, 0.15) is 0 Å². The maximum absolute atomic E-state index is 11.6. The molecule has 0 fully saturated rings. The van der Waals surface area contributed by atoms with E-state index in [0.717, 1.165) is 21.9 Å². The Bertz CT molecular complexity index is 565. The van der Waals surface area contributed by atoms with Crippen molar-refractivity contribution in [1.82, 2.24) is 0 Å². The predicted octanol–water partition coefficient (Wildman–Crippen LogP) is 2.67.